The molecule has 0 bridgehead atoms. The number of aromatic nitrogens is 3. The van der Waals surface area contributed by atoms with Gasteiger partial charge in [-0.2, -0.15) is 18.3 Å². The standard InChI is InChI=1S/C18H12F5N3O2/c1-2-28-17(27)14-8-15(10-4-3-5-24-9-10)26(25-14)16-7-12(19)11(6-13(16)20)18(21,22)23/h3-9H,2H2,1H3. The molecule has 146 valence electrons. The number of hydrogen-bond acceptors (Lipinski definition) is 4. The second kappa shape index (κ2) is 7.37. The summed E-state index contributed by atoms with van der Waals surface area (Å²) in [4.78, 5) is 15.9. The summed E-state index contributed by atoms with van der Waals surface area (Å²) in [7, 11) is 0. The summed E-state index contributed by atoms with van der Waals surface area (Å²) in [6.45, 7) is 1.62. The summed E-state index contributed by atoms with van der Waals surface area (Å²) in [5.74, 6) is -3.86. The fourth-order valence-corrected chi connectivity index (χ4v) is 2.51. The molecule has 1 aromatic carbocycles. The minimum absolute atomic E-state index is 0.0450. The Morgan fingerprint density at radius 1 is 1.18 bits per heavy atom. The first-order valence-electron chi connectivity index (χ1n) is 7.96. The van der Waals surface area contributed by atoms with Crippen LogP contribution >= 0.6 is 0 Å². The number of nitrogens with zero attached hydrogens (tertiary/aromatic N) is 3. The predicted octanol–water partition coefficient (Wildman–Crippen LogP) is 4.41. The number of esters is 1. The molecule has 10 heteroatoms. The largest absolute Gasteiger partial charge is 0.461 e. The number of benzene rings is 1. The molecule has 0 atom stereocenters. The molecule has 5 nitrogen and oxygen atoms in total. The number of carbonyl (C=O) groups excluding carboxylic acids is 1. The first kappa shape index (κ1) is 19.5. The van der Waals surface area contributed by atoms with Crippen molar-refractivity contribution in [3.63, 3.8) is 0 Å². The quantitative estimate of drug-likeness (QED) is 0.484. The number of carbonyl (C=O) groups is 1. The summed E-state index contributed by atoms with van der Waals surface area (Å²) < 4.78 is 72.5. The Labute approximate surface area is 155 Å². The van der Waals surface area contributed by atoms with Crippen LogP contribution in [0.3, 0.4) is 0 Å². The molecule has 2 aromatic heterocycles. The van der Waals surface area contributed by atoms with Gasteiger partial charge in [0.25, 0.3) is 0 Å². The summed E-state index contributed by atoms with van der Waals surface area (Å²) >= 11 is 0. The Bertz CT molecular complexity index is 1020. The Hall–Kier alpha value is -3.30. The van der Waals surface area contributed by atoms with Gasteiger partial charge < -0.3 is 4.74 Å². The smallest absolute Gasteiger partial charge is 0.419 e. The van der Waals surface area contributed by atoms with Crippen LogP contribution < -0.4 is 0 Å². The minimum Gasteiger partial charge on any atom is -0.461 e. The van der Waals surface area contributed by atoms with Gasteiger partial charge in [0.2, 0.25) is 0 Å². The SMILES string of the molecule is CCOC(=O)c1cc(-c2cccnc2)n(-c2cc(F)c(C(F)(F)F)cc2F)n1. The maximum atomic E-state index is 14.4. The summed E-state index contributed by atoms with van der Waals surface area (Å²) in [6.07, 6.45) is -2.22. The average Bonchev–Trinajstić information content (AvgIpc) is 3.08. The monoisotopic (exact) mass is 397 g/mol. The molecule has 0 amide bonds. The molecule has 2 heterocycles. The highest BCUT2D eigenvalue weighted by Crippen LogP contribution is 2.34. The van der Waals surface area contributed by atoms with Crippen LogP contribution in [0.2, 0.25) is 0 Å². The van der Waals surface area contributed by atoms with Crippen molar-refractivity contribution in [2.75, 3.05) is 6.61 Å². The normalized spacial score (nSPS) is 11.5. The second-order valence-corrected chi connectivity index (χ2v) is 5.57. The lowest BCUT2D eigenvalue weighted by atomic mass is 10.1. The van der Waals surface area contributed by atoms with Crippen LogP contribution in [0.15, 0.2) is 42.7 Å². The molecular formula is C18H12F5N3O2. The average molecular weight is 397 g/mol. The van der Waals surface area contributed by atoms with Gasteiger partial charge in [-0.3, -0.25) is 4.98 Å². The Morgan fingerprint density at radius 3 is 2.54 bits per heavy atom. The maximum absolute atomic E-state index is 14.4. The van der Waals surface area contributed by atoms with Gasteiger partial charge in [0.1, 0.15) is 17.3 Å². The zero-order chi connectivity index (χ0) is 20.5. The van der Waals surface area contributed by atoms with Gasteiger partial charge >= 0.3 is 12.1 Å². The van der Waals surface area contributed by atoms with Crippen molar-refractivity contribution in [1.82, 2.24) is 14.8 Å². The molecule has 3 rings (SSSR count). The van der Waals surface area contributed by atoms with E-state index in [4.69, 9.17) is 4.74 Å². The highest BCUT2D eigenvalue weighted by Gasteiger charge is 2.35. The van der Waals surface area contributed by atoms with Crippen LogP contribution in [0.1, 0.15) is 23.0 Å². The van der Waals surface area contributed by atoms with E-state index >= 15 is 0 Å². The van der Waals surface area contributed by atoms with Crippen LogP contribution in [0.4, 0.5) is 22.0 Å². The Morgan fingerprint density at radius 2 is 1.93 bits per heavy atom. The third-order valence-corrected chi connectivity index (χ3v) is 3.72. The topological polar surface area (TPSA) is 57.0 Å². The third-order valence-electron chi connectivity index (χ3n) is 3.72. The van der Waals surface area contributed by atoms with E-state index in [0.717, 1.165) is 4.68 Å². The Balaban J connectivity index is 2.21. The highest BCUT2D eigenvalue weighted by atomic mass is 19.4. The van der Waals surface area contributed by atoms with Crippen LogP contribution in [0.5, 0.6) is 0 Å². The van der Waals surface area contributed by atoms with Crippen molar-refractivity contribution in [1.29, 1.82) is 0 Å². The van der Waals surface area contributed by atoms with E-state index in [9.17, 15) is 26.7 Å². The molecule has 0 unspecified atom stereocenters. The number of pyridine rings is 1. The molecular weight excluding hydrogens is 385 g/mol. The van der Waals surface area contributed by atoms with Gasteiger partial charge in [0.05, 0.1) is 17.9 Å². The third kappa shape index (κ3) is 3.71. The number of ether oxygens (including phenoxy) is 1. The van der Waals surface area contributed by atoms with Crippen LogP contribution in [-0.4, -0.2) is 27.3 Å². The van der Waals surface area contributed by atoms with E-state index in [1.54, 1.807) is 19.1 Å². The van der Waals surface area contributed by atoms with E-state index in [2.05, 4.69) is 10.1 Å². The lowest BCUT2D eigenvalue weighted by Gasteiger charge is -2.12. The Kier molecular flexibility index (Phi) is 5.12. The van der Waals surface area contributed by atoms with Crippen molar-refractivity contribution in [2.45, 2.75) is 13.1 Å². The molecule has 0 saturated carbocycles. The zero-order valence-corrected chi connectivity index (χ0v) is 14.3. The lowest BCUT2D eigenvalue weighted by molar-refractivity contribution is -0.140. The molecule has 0 saturated heterocycles. The van der Waals surface area contributed by atoms with Gasteiger partial charge in [-0.25, -0.2) is 18.3 Å². The number of rotatable bonds is 4. The summed E-state index contributed by atoms with van der Waals surface area (Å²) in [5, 5.41) is 3.90. The lowest BCUT2D eigenvalue weighted by Crippen LogP contribution is -2.12. The van der Waals surface area contributed by atoms with Gasteiger partial charge in [-0.1, -0.05) is 0 Å². The predicted molar refractivity (Wildman–Crippen MR) is 87.7 cm³/mol. The maximum Gasteiger partial charge on any atom is 0.419 e. The van der Waals surface area contributed by atoms with Crippen molar-refractivity contribution in [3.05, 3.63) is 65.6 Å². The fourth-order valence-electron chi connectivity index (χ4n) is 2.51. The van der Waals surface area contributed by atoms with Gasteiger partial charge in [0.15, 0.2) is 5.69 Å². The molecule has 0 aliphatic rings. The molecule has 0 radical (unpaired) electrons. The molecule has 0 fully saturated rings. The van der Waals surface area contributed by atoms with Gasteiger partial charge in [-0.05, 0) is 31.2 Å². The van der Waals surface area contributed by atoms with Crippen LogP contribution in [-0.2, 0) is 10.9 Å². The van der Waals surface area contributed by atoms with E-state index in [1.165, 1.54) is 18.5 Å². The molecule has 0 spiro atoms. The molecule has 0 aliphatic carbocycles. The number of hydrogen-bond donors (Lipinski definition) is 0. The summed E-state index contributed by atoms with van der Waals surface area (Å²) in [6, 6.07) is 4.79. The molecule has 0 aliphatic heterocycles. The highest BCUT2D eigenvalue weighted by molar-refractivity contribution is 5.89. The van der Waals surface area contributed by atoms with Crippen molar-refractivity contribution < 1.29 is 31.5 Å². The van der Waals surface area contributed by atoms with Gasteiger partial charge in [-0.15, -0.1) is 0 Å². The van der Waals surface area contributed by atoms with Gasteiger partial charge in [0, 0.05) is 24.0 Å². The van der Waals surface area contributed by atoms with Crippen molar-refractivity contribution in [2.24, 2.45) is 0 Å². The number of halogens is 5. The zero-order valence-electron chi connectivity index (χ0n) is 14.3. The number of alkyl halides is 3. The van der Waals surface area contributed by atoms with E-state index in [0.29, 0.717) is 11.6 Å². The first-order valence-corrected chi connectivity index (χ1v) is 7.96. The first-order chi connectivity index (χ1) is 13.2. The van der Waals surface area contributed by atoms with E-state index in [-0.39, 0.29) is 24.1 Å². The van der Waals surface area contributed by atoms with Crippen molar-refractivity contribution >= 4 is 5.97 Å². The van der Waals surface area contributed by atoms with Crippen LogP contribution in [0, 0.1) is 11.6 Å². The molecule has 0 N–H and O–H groups in total. The summed E-state index contributed by atoms with van der Waals surface area (Å²) in [5.41, 5.74) is -2.06. The second-order valence-electron chi connectivity index (χ2n) is 5.57. The fraction of sp³-hybridized carbons (Fsp3) is 0.167. The van der Waals surface area contributed by atoms with Crippen molar-refractivity contribution in [3.8, 4) is 16.9 Å². The van der Waals surface area contributed by atoms with Crippen LogP contribution in [0.25, 0.3) is 16.9 Å². The molecule has 3 aromatic rings. The van der Waals surface area contributed by atoms with E-state index in [1.807, 2.05) is 0 Å². The molecule has 28 heavy (non-hydrogen) atoms. The van der Waals surface area contributed by atoms with E-state index < -0.39 is 35.0 Å². The minimum atomic E-state index is -5.06.